The monoisotopic (exact) mass is 325 g/mol. The lowest BCUT2D eigenvalue weighted by Gasteiger charge is -2.30. The second kappa shape index (κ2) is 6.11. The smallest absolute Gasteiger partial charge is 0.242 e. The Morgan fingerprint density at radius 2 is 1.96 bits per heavy atom. The van der Waals surface area contributed by atoms with E-state index < -0.39 is 0 Å². The summed E-state index contributed by atoms with van der Waals surface area (Å²) in [6, 6.07) is 7.77. The molecule has 6 nitrogen and oxygen atoms in total. The highest BCUT2D eigenvalue weighted by Crippen LogP contribution is 2.32. The van der Waals surface area contributed by atoms with Crippen LogP contribution < -0.4 is 5.32 Å². The van der Waals surface area contributed by atoms with Crippen molar-refractivity contribution < 1.29 is 4.79 Å². The molecule has 2 heterocycles. The summed E-state index contributed by atoms with van der Waals surface area (Å²) in [5.74, 6) is -0.0624. The average molecular weight is 325 g/mol. The Hall–Kier alpha value is -2.63. The highest BCUT2D eigenvalue weighted by molar-refractivity contribution is 5.82. The van der Waals surface area contributed by atoms with E-state index in [9.17, 15) is 4.79 Å². The number of benzene rings is 1. The summed E-state index contributed by atoms with van der Waals surface area (Å²) in [6.07, 6.45) is 5.53. The molecule has 0 aliphatic carbocycles. The van der Waals surface area contributed by atoms with Crippen LogP contribution in [0.1, 0.15) is 32.4 Å². The number of carbonyl (C=O) groups excluding carboxylic acids is 1. The molecule has 0 fully saturated rings. The third kappa shape index (κ3) is 3.32. The summed E-state index contributed by atoms with van der Waals surface area (Å²) >= 11 is 0. The Balaban J connectivity index is 1.79. The van der Waals surface area contributed by atoms with Crippen LogP contribution in [0, 0.1) is 5.41 Å². The largest absolute Gasteiger partial charge is 0.347 e. The fraction of sp³-hybridized carbons (Fsp3) is 0.389. The lowest BCUT2D eigenvalue weighted by atomic mass is 9.83. The van der Waals surface area contributed by atoms with Gasteiger partial charge >= 0.3 is 0 Å². The second-order valence-corrected chi connectivity index (χ2v) is 7.17. The molecule has 1 amide bonds. The first-order valence-electron chi connectivity index (χ1n) is 8.03. The van der Waals surface area contributed by atoms with Crippen LogP contribution in [0.4, 0.5) is 0 Å². The van der Waals surface area contributed by atoms with Crippen molar-refractivity contribution in [1.82, 2.24) is 24.9 Å². The zero-order valence-electron chi connectivity index (χ0n) is 14.5. The summed E-state index contributed by atoms with van der Waals surface area (Å²) in [6.45, 7) is 6.51. The van der Waals surface area contributed by atoms with Gasteiger partial charge in [-0.05, 0) is 11.5 Å². The number of aromatic nitrogens is 4. The van der Waals surface area contributed by atoms with Gasteiger partial charge in [-0.2, -0.15) is 10.2 Å². The number of rotatable bonds is 4. The molecule has 1 N–H and O–H groups in total. The Bertz CT molecular complexity index is 856. The van der Waals surface area contributed by atoms with Crippen LogP contribution in [0.3, 0.4) is 0 Å². The predicted octanol–water partition coefficient (Wildman–Crippen LogP) is 2.67. The second-order valence-electron chi connectivity index (χ2n) is 7.17. The molecule has 3 rings (SSSR count). The Kier molecular flexibility index (Phi) is 4.13. The molecule has 1 aromatic carbocycles. The van der Waals surface area contributed by atoms with Crippen LogP contribution in [-0.4, -0.2) is 25.5 Å². The summed E-state index contributed by atoms with van der Waals surface area (Å²) in [5.41, 5.74) is 1.84. The maximum atomic E-state index is 12.6. The van der Waals surface area contributed by atoms with Crippen LogP contribution >= 0.6 is 0 Å². The molecular weight excluding hydrogens is 302 g/mol. The van der Waals surface area contributed by atoms with Crippen molar-refractivity contribution >= 4 is 16.8 Å². The van der Waals surface area contributed by atoms with Crippen molar-refractivity contribution in [3.05, 3.63) is 48.4 Å². The molecule has 6 heteroatoms. The Labute approximate surface area is 141 Å². The van der Waals surface area contributed by atoms with Gasteiger partial charge in [0.15, 0.2) is 0 Å². The summed E-state index contributed by atoms with van der Waals surface area (Å²) < 4.78 is 3.48. The standard InChI is InChI=1S/C18H23N5O/c1-18(2,3)17(14-10-19-22(4)11-14)21-16(24)12-23-15-8-6-5-7-13(15)9-20-23/h5-11,17H,12H2,1-4H3,(H,21,24)/t17-/m1/s1. The molecule has 0 saturated carbocycles. The third-order valence-corrected chi connectivity index (χ3v) is 4.07. The number of fused-ring (bicyclic) bond motifs is 1. The van der Waals surface area contributed by atoms with Gasteiger partial charge in [-0.1, -0.05) is 39.0 Å². The topological polar surface area (TPSA) is 64.7 Å². The van der Waals surface area contributed by atoms with Gasteiger partial charge in [0.25, 0.3) is 0 Å². The molecule has 3 aromatic rings. The third-order valence-electron chi connectivity index (χ3n) is 4.07. The molecule has 126 valence electrons. The normalized spacial score (nSPS) is 13.2. The zero-order chi connectivity index (χ0) is 17.3. The van der Waals surface area contributed by atoms with Gasteiger partial charge in [0.2, 0.25) is 5.91 Å². The summed E-state index contributed by atoms with van der Waals surface area (Å²) in [5, 5.41) is 12.7. The first-order valence-corrected chi connectivity index (χ1v) is 8.03. The summed E-state index contributed by atoms with van der Waals surface area (Å²) in [7, 11) is 1.88. The number of nitrogens with one attached hydrogen (secondary N) is 1. The van der Waals surface area contributed by atoms with Crippen LogP contribution in [0.15, 0.2) is 42.9 Å². The maximum absolute atomic E-state index is 12.6. The number of carbonyl (C=O) groups is 1. The van der Waals surface area contributed by atoms with Gasteiger partial charge in [-0.25, -0.2) is 0 Å². The quantitative estimate of drug-likeness (QED) is 0.802. The molecule has 0 aliphatic heterocycles. The first-order chi connectivity index (χ1) is 11.3. The number of amides is 1. The fourth-order valence-corrected chi connectivity index (χ4v) is 2.88. The Morgan fingerprint density at radius 3 is 2.62 bits per heavy atom. The summed E-state index contributed by atoms with van der Waals surface area (Å²) in [4.78, 5) is 12.6. The van der Waals surface area contributed by atoms with Crippen molar-refractivity contribution in [2.45, 2.75) is 33.4 Å². The molecule has 0 aliphatic rings. The fourth-order valence-electron chi connectivity index (χ4n) is 2.88. The van der Waals surface area contributed by atoms with Gasteiger partial charge in [0.05, 0.1) is 24.0 Å². The van der Waals surface area contributed by atoms with Crippen molar-refractivity contribution in [3.63, 3.8) is 0 Å². The molecule has 0 radical (unpaired) electrons. The molecule has 0 unspecified atom stereocenters. The van der Waals surface area contributed by atoms with Crippen LogP contribution in [0.25, 0.3) is 10.9 Å². The first kappa shape index (κ1) is 16.2. The van der Waals surface area contributed by atoms with E-state index in [-0.39, 0.29) is 23.9 Å². The number of aryl methyl sites for hydroxylation is 1. The molecule has 2 aromatic heterocycles. The minimum Gasteiger partial charge on any atom is -0.347 e. The lowest BCUT2D eigenvalue weighted by molar-refractivity contribution is -0.123. The molecule has 0 spiro atoms. The molecular formula is C18H23N5O. The molecule has 0 saturated heterocycles. The van der Waals surface area contributed by atoms with Crippen molar-refractivity contribution in [1.29, 1.82) is 0 Å². The van der Waals surface area contributed by atoms with E-state index >= 15 is 0 Å². The van der Waals surface area contributed by atoms with Gasteiger partial charge in [-0.15, -0.1) is 0 Å². The maximum Gasteiger partial charge on any atom is 0.242 e. The minimum absolute atomic E-state index is 0.0624. The van der Waals surface area contributed by atoms with Crippen LogP contribution in [0.5, 0.6) is 0 Å². The molecule has 0 bridgehead atoms. The van der Waals surface area contributed by atoms with E-state index in [4.69, 9.17) is 0 Å². The number of hydrogen-bond acceptors (Lipinski definition) is 3. The van der Waals surface area contributed by atoms with E-state index in [1.165, 1.54) is 0 Å². The van der Waals surface area contributed by atoms with Crippen molar-refractivity contribution in [2.24, 2.45) is 12.5 Å². The lowest BCUT2D eigenvalue weighted by Crippen LogP contribution is -2.38. The predicted molar refractivity (Wildman–Crippen MR) is 93.3 cm³/mol. The number of hydrogen-bond donors (Lipinski definition) is 1. The van der Waals surface area contributed by atoms with Crippen molar-refractivity contribution in [2.75, 3.05) is 0 Å². The number of nitrogens with zero attached hydrogens (tertiary/aromatic N) is 4. The highest BCUT2D eigenvalue weighted by atomic mass is 16.2. The van der Waals surface area contributed by atoms with Gasteiger partial charge in [-0.3, -0.25) is 14.2 Å². The number of para-hydroxylation sites is 1. The van der Waals surface area contributed by atoms with Gasteiger partial charge in [0.1, 0.15) is 6.54 Å². The van der Waals surface area contributed by atoms with Crippen molar-refractivity contribution in [3.8, 4) is 0 Å². The van der Waals surface area contributed by atoms with Gasteiger partial charge in [0, 0.05) is 24.2 Å². The Morgan fingerprint density at radius 1 is 1.21 bits per heavy atom. The van der Waals surface area contributed by atoms with E-state index in [1.54, 1.807) is 21.8 Å². The van der Waals surface area contributed by atoms with Crippen LogP contribution in [-0.2, 0) is 18.4 Å². The average Bonchev–Trinajstić information content (AvgIpc) is 3.11. The minimum atomic E-state index is -0.120. The van der Waals surface area contributed by atoms with Gasteiger partial charge < -0.3 is 5.32 Å². The zero-order valence-corrected chi connectivity index (χ0v) is 14.5. The molecule has 1 atom stereocenters. The highest BCUT2D eigenvalue weighted by Gasteiger charge is 2.29. The van der Waals surface area contributed by atoms with E-state index in [0.29, 0.717) is 0 Å². The van der Waals surface area contributed by atoms with E-state index in [0.717, 1.165) is 16.5 Å². The van der Waals surface area contributed by atoms with E-state index in [2.05, 4.69) is 36.3 Å². The SMILES string of the molecule is Cn1cc([C@@H](NC(=O)Cn2ncc3ccccc32)C(C)(C)C)cn1. The molecule has 24 heavy (non-hydrogen) atoms. The van der Waals surface area contributed by atoms with E-state index in [1.807, 2.05) is 37.5 Å². The van der Waals surface area contributed by atoms with Crippen LogP contribution in [0.2, 0.25) is 0 Å².